The van der Waals surface area contributed by atoms with Gasteiger partial charge in [-0.05, 0) is 11.5 Å². The summed E-state index contributed by atoms with van der Waals surface area (Å²) in [6.45, 7) is 5.43. The van der Waals surface area contributed by atoms with Gasteiger partial charge in [0.2, 0.25) is 5.91 Å². The number of rotatable bonds is 7. The molecule has 3 unspecified atom stereocenters. The Morgan fingerprint density at radius 3 is 2.68 bits per heavy atom. The summed E-state index contributed by atoms with van der Waals surface area (Å²) in [5.74, 6) is 0.0648. The van der Waals surface area contributed by atoms with Gasteiger partial charge in [-0.1, -0.05) is 44.2 Å². The Morgan fingerprint density at radius 2 is 2.05 bits per heavy atom. The number of nitrogens with zero attached hydrogens (tertiary/aromatic N) is 2. The van der Waals surface area contributed by atoms with Crippen LogP contribution in [0.4, 0.5) is 0 Å². The first-order valence-electron chi connectivity index (χ1n) is 7.62. The Kier molecular flexibility index (Phi) is 5.72. The summed E-state index contributed by atoms with van der Waals surface area (Å²) in [4.78, 5) is 16.3. The average Bonchev–Trinajstić information content (AvgIpc) is 3.05. The van der Waals surface area contributed by atoms with Crippen molar-refractivity contribution in [2.45, 2.75) is 26.4 Å². The van der Waals surface area contributed by atoms with Gasteiger partial charge < -0.3 is 15.6 Å². The van der Waals surface area contributed by atoms with Crippen LogP contribution in [0.15, 0.2) is 49.1 Å². The molecule has 3 N–H and O–H groups in total. The zero-order chi connectivity index (χ0) is 15.9. The third-order valence-corrected chi connectivity index (χ3v) is 3.84. The summed E-state index contributed by atoms with van der Waals surface area (Å²) in [6.07, 6.45) is 5.46. The van der Waals surface area contributed by atoms with E-state index in [1.807, 2.05) is 48.0 Å². The Bertz CT molecular complexity index is 568. The van der Waals surface area contributed by atoms with Gasteiger partial charge >= 0.3 is 0 Å². The molecule has 0 fully saturated rings. The van der Waals surface area contributed by atoms with E-state index in [0.29, 0.717) is 12.5 Å². The van der Waals surface area contributed by atoms with Crippen LogP contribution in [-0.2, 0) is 11.3 Å². The van der Waals surface area contributed by atoms with Gasteiger partial charge in [0.1, 0.15) is 0 Å². The van der Waals surface area contributed by atoms with E-state index in [1.165, 1.54) is 0 Å². The molecule has 2 aromatic rings. The van der Waals surface area contributed by atoms with Gasteiger partial charge in [0.25, 0.3) is 0 Å². The molecule has 1 aromatic heterocycles. The standard InChI is InChI=1S/C17H24N4O/c1-13(11-21-9-8-19-12-21)10-20-17(22)14(2)16(18)15-6-4-3-5-7-15/h3-9,12-14,16H,10-11,18H2,1-2H3,(H,20,22). The van der Waals surface area contributed by atoms with E-state index in [1.54, 1.807) is 12.5 Å². The monoisotopic (exact) mass is 300 g/mol. The fraction of sp³-hybridized carbons (Fsp3) is 0.412. The molecule has 1 amide bonds. The van der Waals surface area contributed by atoms with Gasteiger partial charge in [-0.25, -0.2) is 4.98 Å². The molecule has 1 heterocycles. The highest BCUT2D eigenvalue weighted by atomic mass is 16.1. The van der Waals surface area contributed by atoms with Gasteiger partial charge in [-0.3, -0.25) is 4.79 Å². The molecule has 0 aliphatic carbocycles. The van der Waals surface area contributed by atoms with Crippen LogP contribution in [0, 0.1) is 11.8 Å². The van der Waals surface area contributed by atoms with E-state index in [9.17, 15) is 4.79 Å². The average molecular weight is 300 g/mol. The second-order valence-electron chi connectivity index (χ2n) is 5.83. The highest BCUT2D eigenvalue weighted by Gasteiger charge is 2.22. The normalized spacial score (nSPS) is 15.0. The maximum Gasteiger partial charge on any atom is 0.224 e. The minimum atomic E-state index is -0.287. The van der Waals surface area contributed by atoms with Gasteiger partial charge in [-0.2, -0.15) is 0 Å². The highest BCUT2D eigenvalue weighted by molar-refractivity contribution is 5.79. The van der Waals surface area contributed by atoms with Crippen molar-refractivity contribution in [2.75, 3.05) is 6.54 Å². The van der Waals surface area contributed by atoms with E-state index in [0.717, 1.165) is 12.1 Å². The van der Waals surface area contributed by atoms with Crippen LogP contribution in [0.3, 0.4) is 0 Å². The molecule has 1 aromatic carbocycles. The van der Waals surface area contributed by atoms with Gasteiger partial charge in [0.15, 0.2) is 0 Å². The molecule has 5 heteroatoms. The van der Waals surface area contributed by atoms with Crippen molar-refractivity contribution in [2.24, 2.45) is 17.6 Å². The molecule has 0 spiro atoms. The molecule has 0 bridgehead atoms. The number of benzene rings is 1. The Hall–Kier alpha value is -2.14. The van der Waals surface area contributed by atoms with Crippen LogP contribution in [0.1, 0.15) is 25.5 Å². The first-order chi connectivity index (χ1) is 10.6. The van der Waals surface area contributed by atoms with Crippen LogP contribution in [-0.4, -0.2) is 22.0 Å². The van der Waals surface area contributed by atoms with E-state index in [-0.39, 0.29) is 17.9 Å². The number of amides is 1. The summed E-state index contributed by atoms with van der Waals surface area (Å²) >= 11 is 0. The molecule has 0 saturated heterocycles. The lowest BCUT2D eigenvalue weighted by Gasteiger charge is -2.21. The summed E-state index contributed by atoms with van der Waals surface area (Å²) in [5, 5.41) is 2.99. The Balaban J connectivity index is 1.81. The zero-order valence-electron chi connectivity index (χ0n) is 13.1. The summed E-state index contributed by atoms with van der Waals surface area (Å²) in [7, 11) is 0. The number of imidazole rings is 1. The molecule has 0 aliphatic rings. The highest BCUT2D eigenvalue weighted by Crippen LogP contribution is 2.19. The van der Waals surface area contributed by atoms with Gasteiger partial charge in [0, 0.05) is 31.5 Å². The largest absolute Gasteiger partial charge is 0.355 e. The van der Waals surface area contributed by atoms with Crippen molar-refractivity contribution in [1.29, 1.82) is 0 Å². The molecule has 2 rings (SSSR count). The van der Waals surface area contributed by atoms with Crippen LogP contribution in [0.25, 0.3) is 0 Å². The molecular formula is C17H24N4O. The molecule has 3 atom stereocenters. The Morgan fingerprint density at radius 1 is 1.32 bits per heavy atom. The lowest BCUT2D eigenvalue weighted by molar-refractivity contribution is -0.125. The second-order valence-corrected chi connectivity index (χ2v) is 5.83. The summed E-state index contributed by atoms with van der Waals surface area (Å²) in [6, 6.07) is 9.44. The van der Waals surface area contributed by atoms with Crippen LogP contribution < -0.4 is 11.1 Å². The summed E-state index contributed by atoms with van der Waals surface area (Å²) < 4.78 is 2.01. The first kappa shape index (κ1) is 16.2. The van der Waals surface area contributed by atoms with Gasteiger partial charge in [0.05, 0.1) is 12.2 Å². The lowest BCUT2D eigenvalue weighted by Crippen LogP contribution is -2.38. The van der Waals surface area contributed by atoms with Crippen molar-refractivity contribution in [1.82, 2.24) is 14.9 Å². The molecule has 118 valence electrons. The smallest absolute Gasteiger partial charge is 0.224 e. The number of aromatic nitrogens is 2. The van der Waals surface area contributed by atoms with E-state index >= 15 is 0 Å². The van der Waals surface area contributed by atoms with Crippen molar-refractivity contribution < 1.29 is 4.79 Å². The molecule has 0 radical (unpaired) electrons. The fourth-order valence-corrected chi connectivity index (χ4v) is 2.38. The Labute approximate surface area is 131 Å². The molecule has 5 nitrogen and oxygen atoms in total. The lowest BCUT2D eigenvalue weighted by atomic mass is 9.94. The fourth-order valence-electron chi connectivity index (χ4n) is 2.38. The van der Waals surface area contributed by atoms with Crippen molar-refractivity contribution >= 4 is 5.91 Å². The first-order valence-corrected chi connectivity index (χ1v) is 7.62. The minimum Gasteiger partial charge on any atom is -0.355 e. The molecule has 0 saturated carbocycles. The van der Waals surface area contributed by atoms with Crippen molar-refractivity contribution in [3.8, 4) is 0 Å². The zero-order valence-corrected chi connectivity index (χ0v) is 13.1. The van der Waals surface area contributed by atoms with E-state index < -0.39 is 0 Å². The number of carbonyl (C=O) groups excluding carboxylic acids is 1. The van der Waals surface area contributed by atoms with Crippen LogP contribution in [0.2, 0.25) is 0 Å². The third-order valence-electron chi connectivity index (χ3n) is 3.84. The number of nitrogens with two attached hydrogens (primary N) is 1. The number of hydrogen-bond donors (Lipinski definition) is 2. The minimum absolute atomic E-state index is 0.00571. The topological polar surface area (TPSA) is 72.9 Å². The maximum atomic E-state index is 12.3. The molecule has 0 aliphatic heterocycles. The predicted octanol–water partition coefficient (Wildman–Crippen LogP) is 1.97. The maximum absolute atomic E-state index is 12.3. The summed E-state index contributed by atoms with van der Waals surface area (Å²) in [5.41, 5.74) is 7.17. The van der Waals surface area contributed by atoms with Gasteiger partial charge in [-0.15, -0.1) is 0 Å². The molecular weight excluding hydrogens is 276 g/mol. The van der Waals surface area contributed by atoms with Crippen molar-refractivity contribution in [3.05, 3.63) is 54.6 Å². The number of carbonyl (C=O) groups is 1. The van der Waals surface area contributed by atoms with E-state index in [4.69, 9.17) is 5.73 Å². The number of nitrogens with one attached hydrogen (secondary N) is 1. The quantitative estimate of drug-likeness (QED) is 0.821. The predicted molar refractivity (Wildman–Crippen MR) is 86.9 cm³/mol. The van der Waals surface area contributed by atoms with Crippen molar-refractivity contribution in [3.63, 3.8) is 0 Å². The van der Waals surface area contributed by atoms with E-state index in [2.05, 4.69) is 17.2 Å². The SMILES string of the molecule is CC(CNC(=O)C(C)C(N)c1ccccc1)Cn1ccnc1. The second kappa shape index (κ2) is 7.75. The molecule has 22 heavy (non-hydrogen) atoms. The van der Waals surface area contributed by atoms with Crippen LogP contribution >= 0.6 is 0 Å². The van der Waals surface area contributed by atoms with Crippen LogP contribution in [0.5, 0.6) is 0 Å². The third kappa shape index (κ3) is 4.43. The number of hydrogen-bond acceptors (Lipinski definition) is 3.